The molecule has 3 heteroatoms. The molecule has 1 atom stereocenters. The van der Waals surface area contributed by atoms with Crippen LogP contribution in [-0.4, -0.2) is 23.2 Å². The van der Waals surface area contributed by atoms with Gasteiger partial charge >= 0.3 is 0 Å². The molecule has 1 aromatic rings. The first-order valence-electron chi connectivity index (χ1n) is 6.07. The molecule has 0 aliphatic rings. The highest BCUT2D eigenvalue weighted by molar-refractivity contribution is 5.94. The van der Waals surface area contributed by atoms with Crippen LogP contribution >= 0.6 is 0 Å². The molecule has 1 amide bonds. The van der Waals surface area contributed by atoms with Crippen molar-refractivity contribution in [3.63, 3.8) is 0 Å². The van der Waals surface area contributed by atoms with Crippen molar-refractivity contribution in [1.82, 2.24) is 5.32 Å². The topological polar surface area (TPSA) is 49.3 Å². The molecular formula is C14H21NO2. The van der Waals surface area contributed by atoms with E-state index in [2.05, 4.69) is 12.2 Å². The summed E-state index contributed by atoms with van der Waals surface area (Å²) >= 11 is 0. The van der Waals surface area contributed by atoms with E-state index in [1.165, 1.54) is 5.56 Å². The number of carbonyl (C=O) groups is 1. The van der Waals surface area contributed by atoms with E-state index >= 15 is 0 Å². The summed E-state index contributed by atoms with van der Waals surface area (Å²) in [7, 11) is 0. The van der Waals surface area contributed by atoms with Crippen LogP contribution in [0.5, 0.6) is 0 Å². The van der Waals surface area contributed by atoms with Crippen LogP contribution in [0.2, 0.25) is 0 Å². The SMILES string of the molecule is CCc1ccc(C(=O)NC(C)(CC)CO)cc1. The number of aliphatic hydroxyl groups excluding tert-OH is 1. The zero-order valence-corrected chi connectivity index (χ0v) is 10.8. The number of hydrogen-bond acceptors (Lipinski definition) is 2. The van der Waals surface area contributed by atoms with E-state index in [1.54, 1.807) is 0 Å². The van der Waals surface area contributed by atoms with Crippen LogP contribution in [0.1, 0.15) is 43.1 Å². The maximum absolute atomic E-state index is 12.0. The van der Waals surface area contributed by atoms with Crippen molar-refractivity contribution in [2.24, 2.45) is 0 Å². The van der Waals surface area contributed by atoms with Gasteiger partial charge in [-0.25, -0.2) is 0 Å². The molecular weight excluding hydrogens is 214 g/mol. The zero-order chi connectivity index (χ0) is 12.9. The van der Waals surface area contributed by atoms with E-state index in [9.17, 15) is 9.90 Å². The normalized spacial score (nSPS) is 14.1. The molecule has 0 saturated heterocycles. The first-order valence-corrected chi connectivity index (χ1v) is 6.07. The van der Waals surface area contributed by atoms with Gasteiger partial charge in [-0.15, -0.1) is 0 Å². The van der Waals surface area contributed by atoms with Crippen LogP contribution in [0.3, 0.4) is 0 Å². The number of amides is 1. The van der Waals surface area contributed by atoms with Crippen LogP contribution in [-0.2, 0) is 6.42 Å². The van der Waals surface area contributed by atoms with Gasteiger partial charge in [0.05, 0.1) is 12.1 Å². The van der Waals surface area contributed by atoms with Gasteiger partial charge in [-0.2, -0.15) is 0 Å². The molecule has 17 heavy (non-hydrogen) atoms. The fourth-order valence-corrected chi connectivity index (χ4v) is 1.48. The second-order valence-electron chi connectivity index (χ2n) is 4.58. The third kappa shape index (κ3) is 3.56. The zero-order valence-electron chi connectivity index (χ0n) is 10.8. The first kappa shape index (κ1) is 13.7. The molecule has 94 valence electrons. The monoisotopic (exact) mass is 235 g/mol. The Morgan fingerprint density at radius 1 is 1.29 bits per heavy atom. The van der Waals surface area contributed by atoms with Gasteiger partial charge in [0.2, 0.25) is 0 Å². The average molecular weight is 235 g/mol. The molecule has 0 fully saturated rings. The lowest BCUT2D eigenvalue weighted by Gasteiger charge is -2.27. The van der Waals surface area contributed by atoms with E-state index in [0.717, 1.165) is 6.42 Å². The smallest absolute Gasteiger partial charge is 0.251 e. The molecule has 0 radical (unpaired) electrons. The molecule has 0 aliphatic carbocycles. The number of aryl methyl sites for hydroxylation is 1. The number of aliphatic hydroxyl groups is 1. The van der Waals surface area contributed by atoms with E-state index in [-0.39, 0.29) is 12.5 Å². The maximum Gasteiger partial charge on any atom is 0.251 e. The summed E-state index contributed by atoms with van der Waals surface area (Å²) in [6.07, 6.45) is 1.66. The van der Waals surface area contributed by atoms with E-state index in [0.29, 0.717) is 12.0 Å². The second kappa shape index (κ2) is 5.82. The van der Waals surface area contributed by atoms with Gasteiger partial charge in [0.1, 0.15) is 0 Å². The van der Waals surface area contributed by atoms with Gasteiger partial charge in [-0.3, -0.25) is 4.79 Å². The highest BCUT2D eigenvalue weighted by Crippen LogP contribution is 2.11. The van der Waals surface area contributed by atoms with Gasteiger partial charge in [0.15, 0.2) is 0 Å². The van der Waals surface area contributed by atoms with Crippen LogP contribution < -0.4 is 5.32 Å². The Hall–Kier alpha value is -1.35. The molecule has 1 aromatic carbocycles. The highest BCUT2D eigenvalue weighted by Gasteiger charge is 2.23. The van der Waals surface area contributed by atoms with Crippen molar-refractivity contribution in [1.29, 1.82) is 0 Å². The largest absolute Gasteiger partial charge is 0.394 e. The van der Waals surface area contributed by atoms with Crippen molar-refractivity contribution in [3.8, 4) is 0 Å². The number of carbonyl (C=O) groups excluding carboxylic acids is 1. The lowest BCUT2D eigenvalue weighted by molar-refractivity contribution is 0.0847. The third-order valence-electron chi connectivity index (χ3n) is 3.17. The Morgan fingerprint density at radius 3 is 2.29 bits per heavy atom. The van der Waals surface area contributed by atoms with Gasteiger partial charge in [0, 0.05) is 5.56 Å². The summed E-state index contributed by atoms with van der Waals surface area (Å²) in [6.45, 7) is 5.80. The lowest BCUT2D eigenvalue weighted by atomic mass is 9.99. The minimum Gasteiger partial charge on any atom is -0.394 e. The minimum absolute atomic E-state index is 0.0533. The molecule has 3 nitrogen and oxygen atoms in total. The number of rotatable bonds is 5. The average Bonchev–Trinajstić information content (AvgIpc) is 2.38. The summed E-state index contributed by atoms with van der Waals surface area (Å²) in [5.41, 5.74) is 1.30. The summed E-state index contributed by atoms with van der Waals surface area (Å²) in [4.78, 5) is 12.0. The van der Waals surface area contributed by atoms with Gasteiger partial charge in [-0.05, 0) is 37.5 Å². The van der Waals surface area contributed by atoms with E-state index in [4.69, 9.17) is 0 Å². The minimum atomic E-state index is -0.541. The van der Waals surface area contributed by atoms with Crippen molar-refractivity contribution in [2.45, 2.75) is 39.2 Å². The molecule has 0 aliphatic heterocycles. The van der Waals surface area contributed by atoms with Gasteiger partial charge in [-0.1, -0.05) is 26.0 Å². The van der Waals surface area contributed by atoms with Crippen molar-refractivity contribution in [3.05, 3.63) is 35.4 Å². The first-order chi connectivity index (χ1) is 8.04. The van der Waals surface area contributed by atoms with Crippen LogP contribution in [0.15, 0.2) is 24.3 Å². The molecule has 1 unspecified atom stereocenters. The van der Waals surface area contributed by atoms with E-state index < -0.39 is 5.54 Å². The fraction of sp³-hybridized carbons (Fsp3) is 0.500. The van der Waals surface area contributed by atoms with Crippen molar-refractivity contribution >= 4 is 5.91 Å². The predicted molar refractivity (Wildman–Crippen MR) is 69.1 cm³/mol. The standard InChI is InChI=1S/C14H21NO2/c1-4-11-6-8-12(9-7-11)13(17)15-14(3,5-2)10-16/h6-9,16H,4-5,10H2,1-3H3,(H,15,17). The summed E-state index contributed by atoms with van der Waals surface area (Å²) in [6, 6.07) is 7.55. The Morgan fingerprint density at radius 2 is 1.88 bits per heavy atom. The fourth-order valence-electron chi connectivity index (χ4n) is 1.48. The van der Waals surface area contributed by atoms with Crippen molar-refractivity contribution in [2.75, 3.05) is 6.61 Å². The number of benzene rings is 1. The molecule has 2 N–H and O–H groups in total. The van der Waals surface area contributed by atoms with Gasteiger partial charge < -0.3 is 10.4 Å². The summed E-state index contributed by atoms with van der Waals surface area (Å²) in [5.74, 6) is -0.133. The Kier molecular flexibility index (Phi) is 4.70. The van der Waals surface area contributed by atoms with Gasteiger partial charge in [0.25, 0.3) is 5.91 Å². The molecule has 0 spiro atoms. The quantitative estimate of drug-likeness (QED) is 0.821. The van der Waals surface area contributed by atoms with Crippen LogP contribution in [0.25, 0.3) is 0 Å². The molecule has 0 heterocycles. The molecule has 0 bridgehead atoms. The summed E-state index contributed by atoms with van der Waals surface area (Å²) in [5, 5.41) is 12.1. The number of nitrogens with one attached hydrogen (secondary N) is 1. The Labute approximate surface area is 103 Å². The predicted octanol–water partition coefficient (Wildman–Crippen LogP) is 2.14. The highest BCUT2D eigenvalue weighted by atomic mass is 16.3. The molecule has 1 rings (SSSR count). The second-order valence-corrected chi connectivity index (χ2v) is 4.58. The number of hydrogen-bond donors (Lipinski definition) is 2. The Balaban J connectivity index is 2.75. The summed E-state index contributed by atoms with van der Waals surface area (Å²) < 4.78 is 0. The molecule has 0 aromatic heterocycles. The van der Waals surface area contributed by atoms with Crippen LogP contribution in [0, 0.1) is 0 Å². The third-order valence-corrected chi connectivity index (χ3v) is 3.17. The van der Waals surface area contributed by atoms with Crippen LogP contribution in [0.4, 0.5) is 0 Å². The molecule has 0 saturated carbocycles. The lowest BCUT2D eigenvalue weighted by Crippen LogP contribution is -2.48. The van der Waals surface area contributed by atoms with Crippen molar-refractivity contribution < 1.29 is 9.90 Å². The maximum atomic E-state index is 12.0. The van der Waals surface area contributed by atoms with E-state index in [1.807, 2.05) is 38.1 Å². The Bertz CT molecular complexity index is 366.